The number of amides is 2. The second-order valence-electron chi connectivity index (χ2n) is 6.47. The Morgan fingerprint density at radius 1 is 1.03 bits per heavy atom. The Labute approximate surface area is 183 Å². The van der Waals surface area contributed by atoms with E-state index in [1.54, 1.807) is 6.20 Å². The molecule has 3 aromatic rings. The number of halogens is 2. The Balaban J connectivity index is 1.58. The number of hydrogen-bond acceptors (Lipinski definition) is 4. The zero-order valence-corrected chi connectivity index (χ0v) is 18.0. The zero-order chi connectivity index (χ0) is 21.9. The van der Waals surface area contributed by atoms with Crippen LogP contribution in [0.5, 0.6) is 0 Å². The lowest BCUT2D eigenvalue weighted by Gasteiger charge is -2.16. The number of fused-ring (bicyclic) bond motifs is 1. The average molecular weight is 469 g/mol. The molecule has 0 bridgehead atoms. The van der Waals surface area contributed by atoms with Crippen LogP contribution in [0, 0.1) is 0 Å². The fourth-order valence-electron chi connectivity index (χ4n) is 2.82. The van der Waals surface area contributed by atoms with Gasteiger partial charge < -0.3 is 4.98 Å². The van der Waals surface area contributed by atoms with E-state index in [0.717, 1.165) is 16.5 Å². The van der Waals surface area contributed by atoms with Crippen molar-refractivity contribution in [3.05, 3.63) is 64.3 Å². The summed E-state index contributed by atoms with van der Waals surface area (Å²) >= 11 is 11.9. The van der Waals surface area contributed by atoms with Crippen LogP contribution < -0.4 is 15.6 Å². The fourth-order valence-corrected chi connectivity index (χ4v) is 5.17. The summed E-state index contributed by atoms with van der Waals surface area (Å²) in [5.41, 5.74) is 6.14. The van der Waals surface area contributed by atoms with Crippen molar-refractivity contribution in [1.82, 2.24) is 20.6 Å². The average Bonchev–Trinajstić information content (AvgIpc) is 3.08. The zero-order valence-electron chi connectivity index (χ0n) is 15.7. The normalized spacial score (nSPS) is 12.5. The van der Waals surface area contributed by atoms with E-state index in [9.17, 15) is 18.0 Å². The van der Waals surface area contributed by atoms with Crippen LogP contribution >= 0.6 is 23.2 Å². The third-order valence-electron chi connectivity index (χ3n) is 4.26. The van der Waals surface area contributed by atoms with Crippen molar-refractivity contribution in [3.8, 4) is 0 Å². The predicted molar refractivity (Wildman–Crippen MR) is 115 cm³/mol. The number of H-pyrrole nitrogens is 1. The molecule has 0 aliphatic rings. The predicted octanol–water partition coefficient (Wildman–Crippen LogP) is 2.53. The molecule has 0 fully saturated rings. The molecule has 0 unspecified atom stereocenters. The number of aromatic nitrogens is 1. The number of rotatable bonds is 6. The van der Waals surface area contributed by atoms with E-state index in [4.69, 9.17) is 23.2 Å². The highest BCUT2D eigenvalue weighted by Gasteiger charge is 2.26. The Morgan fingerprint density at radius 2 is 1.70 bits per heavy atom. The smallest absolute Gasteiger partial charge is 0.256 e. The standard InChI is InChI=1S/C19H18Cl2N4O4S/c1-11(25-30(28,29)18-14(20)6-4-7-15(18)21)19(27)24-23-17(26)9-12-10-22-16-8-3-2-5-13(12)16/h2-8,10-11,22,25H,9H2,1H3,(H,23,26)(H,24,27)/t11-/m1/s1. The van der Waals surface area contributed by atoms with Crippen molar-refractivity contribution in [1.29, 1.82) is 0 Å². The Bertz CT molecular complexity index is 1190. The van der Waals surface area contributed by atoms with Gasteiger partial charge in [-0.3, -0.25) is 20.4 Å². The van der Waals surface area contributed by atoms with E-state index in [0.29, 0.717) is 0 Å². The van der Waals surface area contributed by atoms with E-state index < -0.39 is 27.9 Å². The van der Waals surface area contributed by atoms with Gasteiger partial charge in [0.25, 0.3) is 5.91 Å². The molecule has 2 aromatic carbocycles. The molecule has 2 amide bonds. The van der Waals surface area contributed by atoms with Gasteiger partial charge in [-0.25, -0.2) is 8.42 Å². The van der Waals surface area contributed by atoms with Crippen LogP contribution in [-0.2, 0) is 26.0 Å². The Hall–Kier alpha value is -2.59. The summed E-state index contributed by atoms with van der Waals surface area (Å²) < 4.78 is 27.2. The molecule has 1 atom stereocenters. The topological polar surface area (TPSA) is 120 Å². The molecule has 30 heavy (non-hydrogen) atoms. The Kier molecular flexibility index (Phi) is 6.67. The van der Waals surface area contributed by atoms with Crippen LogP contribution in [0.3, 0.4) is 0 Å². The number of aromatic amines is 1. The van der Waals surface area contributed by atoms with Gasteiger partial charge >= 0.3 is 0 Å². The van der Waals surface area contributed by atoms with Crippen LogP contribution in [0.15, 0.2) is 53.6 Å². The minimum absolute atomic E-state index is 0.0274. The molecular formula is C19H18Cl2N4O4S. The molecule has 0 radical (unpaired) electrons. The third kappa shape index (κ3) is 4.93. The second kappa shape index (κ2) is 9.05. The number of carbonyl (C=O) groups is 2. The first kappa shape index (κ1) is 22.1. The van der Waals surface area contributed by atoms with Gasteiger partial charge in [0.05, 0.1) is 22.5 Å². The van der Waals surface area contributed by atoms with Gasteiger partial charge in [0.1, 0.15) is 4.90 Å². The van der Waals surface area contributed by atoms with Gasteiger partial charge in [0, 0.05) is 17.1 Å². The number of benzene rings is 2. The van der Waals surface area contributed by atoms with Crippen LogP contribution in [0.4, 0.5) is 0 Å². The van der Waals surface area contributed by atoms with E-state index in [2.05, 4.69) is 20.6 Å². The van der Waals surface area contributed by atoms with Crippen LogP contribution in [0.25, 0.3) is 10.9 Å². The van der Waals surface area contributed by atoms with Crippen LogP contribution in [-0.4, -0.2) is 31.3 Å². The first-order valence-electron chi connectivity index (χ1n) is 8.79. The van der Waals surface area contributed by atoms with Crippen LogP contribution in [0.1, 0.15) is 12.5 Å². The highest BCUT2D eigenvalue weighted by molar-refractivity contribution is 7.89. The maximum Gasteiger partial charge on any atom is 0.256 e. The van der Waals surface area contributed by atoms with E-state index >= 15 is 0 Å². The first-order chi connectivity index (χ1) is 14.2. The molecule has 0 saturated heterocycles. The molecule has 158 valence electrons. The maximum absolute atomic E-state index is 12.5. The maximum atomic E-state index is 12.5. The number of hydrazine groups is 1. The molecule has 4 N–H and O–H groups in total. The lowest BCUT2D eigenvalue weighted by Crippen LogP contribution is -2.51. The Morgan fingerprint density at radius 3 is 2.40 bits per heavy atom. The first-order valence-corrected chi connectivity index (χ1v) is 11.0. The molecule has 0 aliphatic heterocycles. The molecule has 0 saturated carbocycles. The third-order valence-corrected chi connectivity index (χ3v) is 6.76. The quantitative estimate of drug-likeness (QED) is 0.415. The SMILES string of the molecule is C[C@@H](NS(=O)(=O)c1c(Cl)cccc1Cl)C(=O)NNC(=O)Cc1c[nH]c2ccccc12. The van der Waals surface area contributed by atoms with E-state index in [1.165, 1.54) is 25.1 Å². The highest BCUT2D eigenvalue weighted by Crippen LogP contribution is 2.28. The lowest BCUT2D eigenvalue weighted by atomic mass is 10.1. The number of nitrogens with one attached hydrogen (secondary N) is 4. The van der Waals surface area contributed by atoms with Gasteiger partial charge in [0.2, 0.25) is 15.9 Å². The monoisotopic (exact) mass is 468 g/mol. The summed E-state index contributed by atoms with van der Waals surface area (Å²) in [4.78, 5) is 27.1. The van der Waals surface area contributed by atoms with Gasteiger partial charge in [-0.05, 0) is 30.7 Å². The van der Waals surface area contributed by atoms with Gasteiger partial charge in [-0.1, -0.05) is 47.5 Å². The van der Waals surface area contributed by atoms with Gasteiger partial charge in [-0.15, -0.1) is 0 Å². The number of hydrogen-bond donors (Lipinski definition) is 4. The van der Waals surface area contributed by atoms with Crippen LogP contribution in [0.2, 0.25) is 10.0 Å². The molecular weight excluding hydrogens is 451 g/mol. The summed E-state index contributed by atoms with van der Waals surface area (Å²) in [6.45, 7) is 1.32. The van der Waals surface area contributed by atoms with Crippen molar-refractivity contribution < 1.29 is 18.0 Å². The summed E-state index contributed by atoms with van der Waals surface area (Å²) in [7, 11) is -4.16. The summed E-state index contributed by atoms with van der Waals surface area (Å²) in [6.07, 6.45) is 1.75. The van der Waals surface area contributed by atoms with E-state index in [1.807, 2.05) is 24.3 Å². The van der Waals surface area contributed by atoms with Crippen molar-refractivity contribution in [2.75, 3.05) is 0 Å². The highest BCUT2D eigenvalue weighted by atomic mass is 35.5. The van der Waals surface area contributed by atoms with Crippen molar-refractivity contribution in [2.45, 2.75) is 24.3 Å². The number of sulfonamides is 1. The molecule has 3 rings (SSSR count). The number of carbonyl (C=O) groups excluding carboxylic acids is 2. The molecule has 11 heteroatoms. The van der Waals surface area contributed by atoms with Crippen molar-refractivity contribution in [3.63, 3.8) is 0 Å². The van der Waals surface area contributed by atoms with Gasteiger partial charge in [0.15, 0.2) is 0 Å². The second-order valence-corrected chi connectivity index (χ2v) is 8.93. The minimum Gasteiger partial charge on any atom is -0.361 e. The van der Waals surface area contributed by atoms with Gasteiger partial charge in [-0.2, -0.15) is 4.72 Å². The van der Waals surface area contributed by atoms with Crippen molar-refractivity contribution >= 4 is 55.9 Å². The summed E-state index contributed by atoms with van der Waals surface area (Å²) in [5, 5.41) is 0.751. The largest absolute Gasteiger partial charge is 0.361 e. The molecule has 0 spiro atoms. The lowest BCUT2D eigenvalue weighted by molar-refractivity contribution is -0.129. The molecule has 8 nitrogen and oxygen atoms in total. The fraction of sp³-hybridized carbons (Fsp3) is 0.158. The number of para-hydroxylation sites is 1. The molecule has 1 heterocycles. The summed E-state index contributed by atoms with van der Waals surface area (Å²) in [5.74, 6) is -1.22. The van der Waals surface area contributed by atoms with Crippen molar-refractivity contribution in [2.24, 2.45) is 0 Å². The molecule has 1 aromatic heterocycles. The molecule has 0 aliphatic carbocycles. The minimum atomic E-state index is -4.16. The summed E-state index contributed by atoms with van der Waals surface area (Å²) in [6, 6.07) is 10.6. The van der Waals surface area contributed by atoms with E-state index in [-0.39, 0.29) is 21.4 Å².